The number of carboxylic acids is 1. The summed E-state index contributed by atoms with van der Waals surface area (Å²) >= 11 is 0. The van der Waals surface area contributed by atoms with Crippen LogP contribution in [0.5, 0.6) is 0 Å². The summed E-state index contributed by atoms with van der Waals surface area (Å²) in [6, 6.07) is 3.23. The van der Waals surface area contributed by atoms with Crippen molar-refractivity contribution in [2.24, 2.45) is 0 Å². The Kier molecular flexibility index (Phi) is 5.33. The van der Waals surface area contributed by atoms with E-state index in [0.717, 1.165) is 12.8 Å². The second-order valence-electron chi connectivity index (χ2n) is 5.65. The van der Waals surface area contributed by atoms with E-state index >= 15 is 0 Å². The molecule has 1 aliphatic heterocycles. The first-order valence-corrected chi connectivity index (χ1v) is 7.94. The molecule has 3 amide bonds. The summed E-state index contributed by atoms with van der Waals surface area (Å²) in [5, 5.41) is 11.4. The van der Waals surface area contributed by atoms with Gasteiger partial charge in [-0.1, -0.05) is 20.3 Å². The first kappa shape index (κ1) is 17.7. The third-order valence-electron chi connectivity index (χ3n) is 3.98. The monoisotopic (exact) mass is 332 g/mol. The van der Waals surface area contributed by atoms with Crippen LogP contribution in [0.15, 0.2) is 18.2 Å². The zero-order valence-electron chi connectivity index (χ0n) is 13.7. The van der Waals surface area contributed by atoms with Crippen molar-refractivity contribution < 1.29 is 24.3 Å². The van der Waals surface area contributed by atoms with Gasteiger partial charge in [-0.05, 0) is 31.0 Å². The summed E-state index contributed by atoms with van der Waals surface area (Å²) < 4.78 is 0. The van der Waals surface area contributed by atoms with Gasteiger partial charge < -0.3 is 10.4 Å². The Morgan fingerprint density at radius 1 is 1.17 bits per heavy atom. The van der Waals surface area contributed by atoms with Crippen LogP contribution in [0.25, 0.3) is 0 Å². The maximum absolute atomic E-state index is 12.4. The number of benzene rings is 1. The second-order valence-corrected chi connectivity index (χ2v) is 5.65. The number of carbonyl (C=O) groups is 4. The van der Waals surface area contributed by atoms with E-state index in [9.17, 15) is 19.2 Å². The number of rotatable bonds is 7. The number of fused-ring (bicyclic) bond motifs is 1. The van der Waals surface area contributed by atoms with Crippen LogP contribution >= 0.6 is 0 Å². The molecule has 0 saturated heterocycles. The minimum atomic E-state index is -1.12. The van der Waals surface area contributed by atoms with Gasteiger partial charge in [-0.15, -0.1) is 0 Å². The van der Waals surface area contributed by atoms with E-state index in [4.69, 9.17) is 5.11 Å². The molecular weight excluding hydrogens is 312 g/mol. The van der Waals surface area contributed by atoms with Gasteiger partial charge in [0, 0.05) is 12.1 Å². The standard InChI is InChI=1S/C17H20N2O5/c1-3-5-8-19-15(21)11-7-6-10(9-12(11)16(19)22)14(20)18-13(4-2)17(23)24/h6-7,9,13H,3-5,8H2,1-2H3,(H,18,20)(H,23,24). The molecule has 0 aromatic heterocycles. The van der Waals surface area contributed by atoms with Gasteiger partial charge in [0.15, 0.2) is 0 Å². The molecule has 2 N–H and O–H groups in total. The maximum Gasteiger partial charge on any atom is 0.326 e. The number of aliphatic carboxylic acids is 1. The molecule has 2 rings (SSSR count). The lowest BCUT2D eigenvalue weighted by molar-refractivity contribution is -0.139. The maximum atomic E-state index is 12.4. The summed E-state index contributed by atoms with van der Waals surface area (Å²) in [6.07, 6.45) is 1.82. The Labute approximate surface area is 139 Å². The van der Waals surface area contributed by atoms with Crippen LogP contribution in [0.4, 0.5) is 0 Å². The predicted octanol–water partition coefficient (Wildman–Crippen LogP) is 1.68. The minimum absolute atomic E-state index is 0.159. The number of imide groups is 1. The molecule has 1 unspecified atom stereocenters. The summed E-state index contributed by atoms with van der Waals surface area (Å²) in [4.78, 5) is 48.9. The van der Waals surface area contributed by atoms with Crippen molar-refractivity contribution in [3.05, 3.63) is 34.9 Å². The van der Waals surface area contributed by atoms with Crippen molar-refractivity contribution in [3.8, 4) is 0 Å². The summed E-state index contributed by atoms with van der Waals surface area (Å²) in [5.74, 6) is -2.47. The molecule has 1 aromatic rings. The minimum Gasteiger partial charge on any atom is -0.480 e. The number of nitrogens with one attached hydrogen (secondary N) is 1. The van der Waals surface area contributed by atoms with E-state index in [2.05, 4.69) is 5.32 Å². The van der Waals surface area contributed by atoms with Gasteiger partial charge in [0.25, 0.3) is 17.7 Å². The molecule has 1 aromatic carbocycles. The number of carboxylic acid groups (broad SMARTS) is 1. The van der Waals surface area contributed by atoms with Crippen LogP contribution in [-0.2, 0) is 4.79 Å². The van der Waals surface area contributed by atoms with Gasteiger partial charge >= 0.3 is 5.97 Å². The largest absolute Gasteiger partial charge is 0.480 e. The van der Waals surface area contributed by atoms with Gasteiger partial charge in [-0.3, -0.25) is 19.3 Å². The van der Waals surface area contributed by atoms with E-state index in [1.165, 1.54) is 23.1 Å². The van der Waals surface area contributed by atoms with Crippen LogP contribution in [0.3, 0.4) is 0 Å². The highest BCUT2D eigenvalue weighted by Crippen LogP contribution is 2.24. The highest BCUT2D eigenvalue weighted by molar-refractivity contribution is 6.22. The molecular formula is C17H20N2O5. The molecule has 0 aliphatic carbocycles. The van der Waals surface area contributed by atoms with Gasteiger partial charge in [-0.25, -0.2) is 4.79 Å². The van der Waals surface area contributed by atoms with Gasteiger partial charge in [-0.2, -0.15) is 0 Å². The lowest BCUT2D eigenvalue weighted by Crippen LogP contribution is -2.40. The van der Waals surface area contributed by atoms with E-state index in [0.29, 0.717) is 6.54 Å². The molecule has 0 saturated carbocycles. The van der Waals surface area contributed by atoms with Gasteiger partial charge in [0.1, 0.15) is 6.04 Å². The Morgan fingerprint density at radius 2 is 1.83 bits per heavy atom. The fraction of sp³-hybridized carbons (Fsp3) is 0.412. The SMILES string of the molecule is CCCCN1C(=O)c2ccc(C(=O)NC(CC)C(=O)O)cc2C1=O. The van der Waals surface area contributed by atoms with Crippen molar-refractivity contribution in [1.82, 2.24) is 10.2 Å². The predicted molar refractivity (Wildman–Crippen MR) is 85.9 cm³/mol. The highest BCUT2D eigenvalue weighted by Gasteiger charge is 2.35. The third kappa shape index (κ3) is 3.29. The fourth-order valence-corrected chi connectivity index (χ4v) is 2.53. The van der Waals surface area contributed by atoms with E-state index in [1.807, 2.05) is 6.92 Å². The molecule has 1 aliphatic rings. The average Bonchev–Trinajstić information content (AvgIpc) is 2.80. The van der Waals surface area contributed by atoms with Crippen LogP contribution in [0.2, 0.25) is 0 Å². The lowest BCUT2D eigenvalue weighted by atomic mass is 10.0. The molecule has 0 radical (unpaired) electrons. The summed E-state index contributed by atoms with van der Waals surface area (Å²) in [6.45, 7) is 3.96. The van der Waals surface area contributed by atoms with E-state index in [-0.39, 0.29) is 29.0 Å². The molecule has 1 atom stereocenters. The summed E-state index contributed by atoms with van der Waals surface area (Å²) in [7, 11) is 0. The van der Waals surface area contributed by atoms with Crippen molar-refractivity contribution in [2.45, 2.75) is 39.2 Å². The third-order valence-corrected chi connectivity index (χ3v) is 3.98. The molecule has 0 fully saturated rings. The number of hydrogen-bond acceptors (Lipinski definition) is 4. The van der Waals surface area contributed by atoms with Gasteiger partial charge in [0.05, 0.1) is 11.1 Å². The molecule has 0 spiro atoms. The molecule has 128 valence electrons. The van der Waals surface area contributed by atoms with Crippen LogP contribution < -0.4 is 5.32 Å². The second kappa shape index (κ2) is 7.25. The number of hydrogen-bond donors (Lipinski definition) is 2. The highest BCUT2D eigenvalue weighted by atomic mass is 16.4. The van der Waals surface area contributed by atoms with Gasteiger partial charge in [0.2, 0.25) is 0 Å². The average molecular weight is 332 g/mol. The fourth-order valence-electron chi connectivity index (χ4n) is 2.53. The number of amides is 3. The van der Waals surface area contributed by atoms with Crippen molar-refractivity contribution >= 4 is 23.7 Å². The normalized spacial score (nSPS) is 14.5. The Hall–Kier alpha value is -2.70. The number of carbonyl (C=O) groups excluding carboxylic acids is 3. The van der Waals surface area contributed by atoms with Crippen molar-refractivity contribution in [2.75, 3.05) is 6.54 Å². The molecule has 1 heterocycles. The molecule has 7 nitrogen and oxygen atoms in total. The van der Waals surface area contributed by atoms with E-state index < -0.39 is 23.8 Å². The summed E-state index contributed by atoms with van der Waals surface area (Å²) in [5.41, 5.74) is 0.622. The van der Waals surface area contributed by atoms with Crippen LogP contribution in [0, 0.1) is 0 Å². The van der Waals surface area contributed by atoms with E-state index in [1.54, 1.807) is 6.92 Å². The quantitative estimate of drug-likeness (QED) is 0.739. The zero-order chi connectivity index (χ0) is 17.9. The Balaban J connectivity index is 2.23. The molecule has 24 heavy (non-hydrogen) atoms. The topological polar surface area (TPSA) is 104 Å². The van der Waals surface area contributed by atoms with Crippen LogP contribution in [-0.4, -0.2) is 46.3 Å². The zero-order valence-corrected chi connectivity index (χ0v) is 13.7. The Morgan fingerprint density at radius 3 is 2.42 bits per heavy atom. The lowest BCUT2D eigenvalue weighted by Gasteiger charge is -2.12. The first-order valence-electron chi connectivity index (χ1n) is 7.94. The smallest absolute Gasteiger partial charge is 0.326 e. The molecule has 7 heteroatoms. The first-order chi connectivity index (χ1) is 11.4. The number of unbranched alkanes of at least 4 members (excludes halogenated alkanes) is 1. The van der Waals surface area contributed by atoms with Crippen molar-refractivity contribution in [3.63, 3.8) is 0 Å². The number of nitrogens with zero attached hydrogens (tertiary/aromatic N) is 1. The van der Waals surface area contributed by atoms with Crippen molar-refractivity contribution in [1.29, 1.82) is 0 Å². The van der Waals surface area contributed by atoms with Crippen LogP contribution in [0.1, 0.15) is 64.2 Å². The Bertz CT molecular complexity index is 698. The molecule has 0 bridgehead atoms.